The molecule has 0 saturated carbocycles. The van der Waals surface area contributed by atoms with Gasteiger partial charge in [-0.3, -0.25) is 9.59 Å². The minimum absolute atomic E-state index is 0.0268. The molecule has 1 N–H and O–H groups in total. The molecule has 1 aromatic heterocycles. The first kappa shape index (κ1) is 21.3. The number of benzene rings is 2. The molecule has 0 fully saturated rings. The Hall–Kier alpha value is -3.41. The molecule has 3 rings (SSSR count). The smallest absolute Gasteiger partial charge is 0.306 e. The highest BCUT2D eigenvalue weighted by Gasteiger charge is 2.17. The molecular formula is C24H27N3O3. The van der Waals surface area contributed by atoms with Crippen molar-refractivity contribution in [2.75, 3.05) is 11.9 Å². The minimum Gasteiger partial charge on any atom is -0.456 e. The third kappa shape index (κ3) is 5.14. The van der Waals surface area contributed by atoms with E-state index in [-0.39, 0.29) is 24.9 Å². The third-order valence-corrected chi connectivity index (χ3v) is 5.04. The number of carbonyl (C=O) groups is 2. The normalized spacial score (nSPS) is 11.7. The lowest BCUT2D eigenvalue weighted by molar-refractivity contribution is -0.147. The Bertz CT molecular complexity index is 1020. The lowest BCUT2D eigenvalue weighted by Gasteiger charge is -2.12. The van der Waals surface area contributed by atoms with Crippen molar-refractivity contribution in [2.45, 2.75) is 40.0 Å². The highest BCUT2D eigenvalue weighted by atomic mass is 16.5. The first-order valence-corrected chi connectivity index (χ1v) is 9.99. The van der Waals surface area contributed by atoms with E-state index in [2.05, 4.69) is 10.4 Å². The van der Waals surface area contributed by atoms with Crippen LogP contribution >= 0.6 is 0 Å². The zero-order valence-corrected chi connectivity index (χ0v) is 17.8. The fraction of sp³-hybridized carbons (Fsp3) is 0.292. The number of aryl methyl sites for hydroxylation is 2. The van der Waals surface area contributed by atoms with Gasteiger partial charge in [0.2, 0.25) is 0 Å². The lowest BCUT2D eigenvalue weighted by Crippen LogP contribution is -2.22. The van der Waals surface area contributed by atoms with Gasteiger partial charge in [0.05, 0.1) is 29.2 Å². The maximum Gasteiger partial charge on any atom is 0.306 e. The van der Waals surface area contributed by atoms with E-state index in [0.717, 1.165) is 22.5 Å². The Balaban J connectivity index is 1.57. The standard InChI is InChI=1S/C24H27N3O3/c1-16-10-12-21(13-11-16)27-19(4)24(18(3)26-27)25-22(28)15-30-23(29)14-17(2)20-8-6-5-7-9-20/h5-13,17H,14-15H2,1-4H3,(H,25,28)/t17-/m0/s1. The Kier molecular flexibility index (Phi) is 6.67. The van der Waals surface area contributed by atoms with Crippen LogP contribution in [0.15, 0.2) is 54.6 Å². The Morgan fingerprint density at radius 3 is 2.37 bits per heavy atom. The van der Waals surface area contributed by atoms with Crippen molar-refractivity contribution in [3.05, 3.63) is 77.1 Å². The zero-order valence-electron chi connectivity index (χ0n) is 17.8. The number of nitrogens with zero attached hydrogens (tertiary/aromatic N) is 2. The molecule has 30 heavy (non-hydrogen) atoms. The van der Waals surface area contributed by atoms with Gasteiger partial charge in [0.25, 0.3) is 5.91 Å². The molecule has 156 valence electrons. The fourth-order valence-electron chi connectivity index (χ4n) is 3.29. The van der Waals surface area contributed by atoms with E-state index in [1.807, 2.05) is 82.3 Å². The van der Waals surface area contributed by atoms with Crippen LogP contribution in [0.25, 0.3) is 5.69 Å². The monoisotopic (exact) mass is 405 g/mol. The van der Waals surface area contributed by atoms with Crippen LogP contribution < -0.4 is 5.32 Å². The van der Waals surface area contributed by atoms with Crippen molar-refractivity contribution >= 4 is 17.6 Å². The molecule has 3 aromatic rings. The number of anilines is 1. The summed E-state index contributed by atoms with van der Waals surface area (Å²) in [6.07, 6.45) is 0.223. The summed E-state index contributed by atoms with van der Waals surface area (Å²) in [5.41, 5.74) is 5.29. The quantitative estimate of drug-likeness (QED) is 0.589. The molecule has 6 nitrogen and oxygen atoms in total. The van der Waals surface area contributed by atoms with E-state index in [9.17, 15) is 9.59 Å². The number of amides is 1. The molecule has 0 spiro atoms. The Morgan fingerprint density at radius 2 is 1.70 bits per heavy atom. The average molecular weight is 405 g/mol. The topological polar surface area (TPSA) is 73.2 Å². The number of ether oxygens (including phenoxy) is 1. The van der Waals surface area contributed by atoms with Gasteiger partial charge < -0.3 is 10.1 Å². The van der Waals surface area contributed by atoms with Crippen molar-refractivity contribution in [3.8, 4) is 5.69 Å². The summed E-state index contributed by atoms with van der Waals surface area (Å²) in [7, 11) is 0. The number of hydrogen-bond acceptors (Lipinski definition) is 4. The van der Waals surface area contributed by atoms with Gasteiger partial charge in [-0.25, -0.2) is 4.68 Å². The maximum absolute atomic E-state index is 12.3. The van der Waals surface area contributed by atoms with Crippen molar-refractivity contribution < 1.29 is 14.3 Å². The van der Waals surface area contributed by atoms with E-state index in [4.69, 9.17) is 4.74 Å². The van der Waals surface area contributed by atoms with E-state index in [0.29, 0.717) is 11.4 Å². The molecule has 0 aliphatic carbocycles. The summed E-state index contributed by atoms with van der Waals surface area (Å²) in [5, 5.41) is 7.35. The first-order valence-electron chi connectivity index (χ1n) is 9.99. The maximum atomic E-state index is 12.3. The van der Waals surface area contributed by atoms with E-state index in [1.54, 1.807) is 4.68 Å². The molecule has 6 heteroatoms. The van der Waals surface area contributed by atoms with Crippen molar-refractivity contribution in [3.63, 3.8) is 0 Å². The van der Waals surface area contributed by atoms with Gasteiger partial charge in [-0.2, -0.15) is 5.10 Å². The summed E-state index contributed by atoms with van der Waals surface area (Å²) in [6, 6.07) is 17.7. The molecule has 0 aliphatic rings. The van der Waals surface area contributed by atoms with Crippen LogP contribution in [-0.2, 0) is 14.3 Å². The molecule has 0 unspecified atom stereocenters. The molecule has 0 bridgehead atoms. The van der Waals surface area contributed by atoms with E-state index in [1.165, 1.54) is 0 Å². The van der Waals surface area contributed by atoms with Crippen LogP contribution in [0.2, 0.25) is 0 Å². The molecule has 0 aliphatic heterocycles. The van der Waals surface area contributed by atoms with Crippen LogP contribution in [0.3, 0.4) is 0 Å². The van der Waals surface area contributed by atoms with Gasteiger partial charge in [0.15, 0.2) is 6.61 Å². The fourth-order valence-corrected chi connectivity index (χ4v) is 3.29. The SMILES string of the molecule is Cc1ccc(-n2nc(C)c(NC(=O)COC(=O)C[C@H](C)c3ccccc3)c2C)cc1. The van der Waals surface area contributed by atoms with Gasteiger partial charge in [-0.15, -0.1) is 0 Å². The highest BCUT2D eigenvalue weighted by Crippen LogP contribution is 2.23. The zero-order chi connectivity index (χ0) is 21.7. The second-order valence-corrected chi connectivity index (χ2v) is 7.52. The predicted molar refractivity (Wildman–Crippen MR) is 117 cm³/mol. The van der Waals surface area contributed by atoms with Crippen molar-refractivity contribution in [1.82, 2.24) is 9.78 Å². The highest BCUT2D eigenvalue weighted by molar-refractivity contribution is 5.94. The van der Waals surface area contributed by atoms with E-state index < -0.39 is 5.97 Å². The lowest BCUT2D eigenvalue weighted by atomic mass is 9.98. The molecule has 2 aromatic carbocycles. The second-order valence-electron chi connectivity index (χ2n) is 7.52. The van der Waals surface area contributed by atoms with Crippen molar-refractivity contribution in [2.24, 2.45) is 0 Å². The van der Waals surface area contributed by atoms with Crippen LogP contribution in [0, 0.1) is 20.8 Å². The molecule has 0 saturated heterocycles. The van der Waals surface area contributed by atoms with Crippen LogP contribution in [0.5, 0.6) is 0 Å². The predicted octanol–water partition coefficient (Wildman–Crippen LogP) is 4.47. The molecule has 1 heterocycles. The first-order chi connectivity index (χ1) is 14.3. The number of esters is 1. The summed E-state index contributed by atoms with van der Waals surface area (Å²) in [6.45, 7) is 7.39. The largest absolute Gasteiger partial charge is 0.456 e. The summed E-state index contributed by atoms with van der Waals surface area (Å²) < 4.78 is 6.96. The molecule has 1 amide bonds. The Morgan fingerprint density at radius 1 is 1.03 bits per heavy atom. The van der Waals surface area contributed by atoms with Crippen molar-refractivity contribution in [1.29, 1.82) is 0 Å². The number of nitrogens with one attached hydrogen (secondary N) is 1. The van der Waals surface area contributed by atoms with Gasteiger partial charge in [0, 0.05) is 0 Å². The Labute approximate surface area is 176 Å². The van der Waals surface area contributed by atoms with Crippen LogP contribution in [-0.4, -0.2) is 28.3 Å². The number of carbonyl (C=O) groups excluding carboxylic acids is 2. The van der Waals surface area contributed by atoms with Gasteiger partial charge >= 0.3 is 5.97 Å². The summed E-state index contributed by atoms with van der Waals surface area (Å²) in [4.78, 5) is 24.5. The third-order valence-electron chi connectivity index (χ3n) is 5.04. The molecule has 0 radical (unpaired) electrons. The van der Waals surface area contributed by atoms with Gasteiger partial charge in [0.1, 0.15) is 0 Å². The minimum atomic E-state index is -0.398. The van der Waals surface area contributed by atoms with Crippen LogP contribution in [0.4, 0.5) is 5.69 Å². The molecule has 1 atom stereocenters. The number of hydrogen-bond donors (Lipinski definition) is 1. The number of aromatic nitrogens is 2. The molecular weight excluding hydrogens is 378 g/mol. The van der Waals surface area contributed by atoms with E-state index >= 15 is 0 Å². The van der Waals surface area contributed by atoms with Crippen LogP contribution in [0.1, 0.15) is 41.8 Å². The summed E-state index contributed by atoms with van der Waals surface area (Å²) >= 11 is 0. The van der Waals surface area contributed by atoms with Gasteiger partial charge in [-0.05, 0) is 44.4 Å². The number of rotatable bonds is 7. The summed E-state index contributed by atoms with van der Waals surface area (Å²) in [5.74, 6) is -0.755. The second kappa shape index (κ2) is 9.39. The average Bonchev–Trinajstić information content (AvgIpc) is 3.01. The van der Waals surface area contributed by atoms with Gasteiger partial charge in [-0.1, -0.05) is 55.0 Å².